The summed E-state index contributed by atoms with van der Waals surface area (Å²) in [5.74, 6) is 1.04. The van der Waals surface area contributed by atoms with Crippen LogP contribution in [0.2, 0.25) is 0 Å². The van der Waals surface area contributed by atoms with E-state index in [2.05, 4.69) is 6.92 Å². The molecule has 0 heteroatoms. The molecule has 0 amide bonds. The van der Waals surface area contributed by atoms with E-state index in [4.69, 9.17) is 0 Å². The van der Waals surface area contributed by atoms with Crippen molar-refractivity contribution in [2.75, 3.05) is 0 Å². The summed E-state index contributed by atoms with van der Waals surface area (Å²) in [5.41, 5.74) is 0.861. The molecule has 2 fully saturated rings. The molecule has 1 atom stereocenters. The monoisotopic (exact) mass is 168 g/mol. The number of hydrogen-bond acceptors (Lipinski definition) is 0. The second-order valence-electron chi connectivity index (χ2n) is 4.56. The van der Waals surface area contributed by atoms with Crippen molar-refractivity contribution in [3.05, 3.63) is 0 Å². The Morgan fingerprint density at radius 2 is 1.58 bits per heavy atom. The number of rotatable bonds is 0. The van der Waals surface area contributed by atoms with E-state index in [-0.39, 0.29) is 0 Å². The summed E-state index contributed by atoms with van der Waals surface area (Å²) in [4.78, 5) is 0. The largest absolute Gasteiger partial charge is 0.0683 e. The predicted molar refractivity (Wildman–Crippen MR) is 55.3 cm³/mol. The van der Waals surface area contributed by atoms with Crippen molar-refractivity contribution < 1.29 is 0 Å². The van der Waals surface area contributed by atoms with Gasteiger partial charge in [0.05, 0.1) is 0 Å². The molecule has 0 aromatic rings. The van der Waals surface area contributed by atoms with Crippen molar-refractivity contribution in [1.82, 2.24) is 0 Å². The van der Waals surface area contributed by atoms with Crippen LogP contribution in [0.5, 0.6) is 0 Å². The molecule has 0 bridgehead atoms. The standard InChI is InChI=1S/C10H18.C2H6/c1-9-4-7-10(8-9)5-2-3-6-10;1-2/h9H,2-8H2,1H3;1-2H3. The fourth-order valence-corrected chi connectivity index (χ4v) is 3.08. The van der Waals surface area contributed by atoms with Crippen LogP contribution in [0.25, 0.3) is 0 Å². The fourth-order valence-electron chi connectivity index (χ4n) is 3.08. The lowest BCUT2D eigenvalue weighted by atomic mass is 9.84. The highest BCUT2D eigenvalue weighted by Gasteiger charge is 2.39. The van der Waals surface area contributed by atoms with Gasteiger partial charge in [0.25, 0.3) is 0 Å². The summed E-state index contributed by atoms with van der Waals surface area (Å²) >= 11 is 0. The molecule has 0 radical (unpaired) electrons. The maximum atomic E-state index is 2.42. The molecule has 12 heavy (non-hydrogen) atoms. The van der Waals surface area contributed by atoms with E-state index < -0.39 is 0 Å². The highest BCUT2D eigenvalue weighted by molar-refractivity contribution is 4.90. The minimum Gasteiger partial charge on any atom is -0.0683 e. The van der Waals surface area contributed by atoms with Crippen molar-refractivity contribution >= 4 is 0 Å². The van der Waals surface area contributed by atoms with Gasteiger partial charge in [-0.25, -0.2) is 0 Å². The van der Waals surface area contributed by atoms with E-state index in [0.717, 1.165) is 11.3 Å². The van der Waals surface area contributed by atoms with Gasteiger partial charge < -0.3 is 0 Å². The molecule has 0 N–H and O–H groups in total. The van der Waals surface area contributed by atoms with Crippen molar-refractivity contribution in [1.29, 1.82) is 0 Å². The lowest BCUT2D eigenvalue weighted by molar-refractivity contribution is 0.298. The summed E-state index contributed by atoms with van der Waals surface area (Å²) in [6.07, 6.45) is 10.8. The van der Waals surface area contributed by atoms with Crippen molar-refractivity contribution in [3.63, 3.8) is 0 Å². The molecule has 1 unspecified atom stereocenters. The topological polar surface area (TPSA) is 0 Å². The maximum Gasteiger partial charge on any atom is -0.0295 e. The third-order valence-electron chi connectivity index (χ3n) is 3.61. The summed E-state index contributed by atoms with van der Waals surface area (Å²) < 4.78 is 0. The normalized spacial score (nSPS) is 31.8. The first kappa shape index (κ1) is 10.1. The Bertz CT molecular complexity index is 120. The van der Waals surface area contributed by atoms with Gasteiger partial charge in [0.1, 0.15) is 0 Å². The molecular formula is C12H24. The first-order valence-electron chi connectivity index (χ1n) is 5.81. The zero-order valence-corrected chi connectivity index (χ0v) is 9.03. The Hall–Kier alpha value is 0. The Labute approximate surface area is 77.7 Å². The third kappa shape index (κ3) is 2.02. The molecule has 2 rings (SSSR count). The van der Waals surface area contributed by atoms with Crippen LogP contribution in [0.3, 0.4) is 0 Å². The summed E-state index contributed by atoms with van der Waals surface area (Å²) in [6.45, 7) is 6.42. The molecule has 2 aliphatic carbocycles. The van der Waals surface area contributed by atoms with Crippen LogP contribution in [0, 0.1) is 11.3 Å². The highest BCUT2D eigenvalue weighted by atomic mass is 14.4. The van der Waals surface area contributed by atoms with E-state index in [1.807, 2.05) is 13.8 Å². The lowest BCUT2D eigenvalue weighted by Gasteiger charge is -2.21. The lowest BCUT2D eigenvalue weighted by Crippen LogP contribution is -2.10. The van der Waals surface area contributed by atoms with Crippen LogP contribution in [-0.2, 0) is 0 Å². The molecule has 0 saturated heterocycles. The summed E-state index contributed by atoms with van der Waals surface area (Å²) in [5, 5.41) is 0. The fraction of sp³-hybridized carbons (Fsp3) is 1.00. The molecule has 2 saturated carbocycles. The van der Waals surface area contributed by atoms with Gasteiger partial charge in [-0.3, -0.25) is 0 Å². The van der Waals surface area contributed by atoms with Crippen LogP contribution < -0.4 is 0 Å². The summed E-state index contributed by atoms with van der Waals surface area (Å²) in [6, 6.07) is 0. The Balaban J connectivity index is 0.000000336. The van der Waals surface area contributed by atoms with Crippen molar-refractivity contribution in [2.45, 2.75) is 65.7 Å². The van der Waals surface area contributed by atoms with Crippen LogP contribution >= 0.6 is 0 Å². The van der Waals surface area contributed by atoms with Crippen LogP contribution in [0.4, 0.5) is 0 Å². The molecule has 2 aliphatic rings. The SMILES string of the molecule is CC.CC1CCC2(CCCC2)C1. The van der Waals surface area contributed by atoms with E-state index in [9.17, 15) is 0 Å². The zero-order valence-electron chi connectivity index (χ0n) is 9.03. The first-order valence-corrected chi connectivity index (χ1v) is 5.81. The van der Waals surface area contributed by atoms with Gasteiger partial charge in [-0.1, -0.05) is 40.0 Å². The van der Waals surface area contributed by atoms with Crippen LogP contribution in [0.15, 0.2) is 0 Å². The van der Waals surface area contributed by atoms with E-state index in [1.54, 1.807) is 25.7 Å². The minimum atomic E-state index is 0.861. The Morgan fingerprint density at radius 3 is 2.00 bits per heavy atom. The molecule has 0 aromatic carbocycles. The minimum absolute atomic E-state index is 0.861. The Morgan fingerprint density at radius 1 is 1.00 bits per heavy atom. The van der Waals surface area contributed by atoms with Gasteiger partial charge in [0.2, 0.25) is 0 Å². The maximum absolute atomic E-state index is 2.42. The van der Waals surface area contributed by atoms with Gasteiger partial charge in [0, 0.05) is 0 Å². The van der Waals surface area contributed by atoms with Gasteiger partial charge in [0.15, 0.2) is 0 Å². The Kier molecular flexibility index (Phi) is 3.61. The molecule has 1 spiro atoms. The molecule has 0 heterocycles. The smallest absolute Gasteiger partial charge is 0.0295 e. The molecule has 0 aromatic heterocycles. The molecule has 72 valence electrons. The second kappa shape index (κ2) is 4.30. The quantitative estimate of drug-likeness (QED) is 0.503. The predicted octanol–water partition coefficient (Wildman–Crippen LogP) is 4.39. The first-order chi connectivity index (χ1) is 5.81. The number of hydrogen-bond donors (Lipinski definition) is 0. The average Bonchev–Trinajstić information content (AvgIpc) is 2.68. The molecule has 0 nitrogen and oxygen atoms in total. The van der Waals surface area contributed by atoms with Gasteiger partial charge in [-0.05, 0) is 37.0 Å². The highest BCUT2D eigenvalue weighted by Crippen LogP contribution is 2.52. The third-order valence-corrected chi connectivity index (χ3v) is 3.61. The second-order valence-corrected chi connectivity index (χ2v) is 4.56. The van der Waals surface area contributed by atoms with E-state index >= 15 is 0 Å². The zero-order chi connectivity index (χ0) is 9.03. The van der Waals surface area contributed by atoms with Crippen molar-refractivity contribution in [3.8, 4) is 0 Å². The van der Waals surface area contributed by atoms with Gasteiger partial charge >= 0.3 is 0 Å². The van der Waals surface area contributed by atoms with Gasteiger partial charge in [-0.15, -0.1) is 0 Å². The van der Waals surface area contributed by atoms with Crippen molar-refractivity contribution in [2.24, 2.45) is 11.3 Å². The molecular weight excluding hydrogens is 144 g/mol. The molecule has 0 aliphatic heterocycles. The summed E-state index contributed by atoms with van der Waals surface area (Å²) in [7, 11) is 0. The van der Waals surface area contributed by atoms with Gasteiger partial charge in [-0.2, -0.15) is 0 Å². The van der Waals surface area contributed by atoms with E-state index in [0.29, 0.717) is 0 Å². The van der Waals surface area contributed by atoms with Crippen LogP contribution in [-0.4, -0.2) is 0 Å². The average molecular weight is 168 g/mol. The van der Waals surface area contributed by atoms with Crippen LogP contribution in [0.1, 0.15) is 65.7 Å². The van der Waals surface area contributed by atoms with E-state index in [1.165, 1.54) is 19.3 Å².